The molecule has 0 heterocycles. The topological polar surface area (TPSA) is 0 Å². The molecule has 0 aromatic heterocycles. The molecule has 3 aliphatic carbocycles. The van der Waals surface area contributed by atoms with E-state index in [4.69, 9.17) is 0 Å². The molecule has 157 valence electrons. The second-order valence-electron chi connectivity index (χ2n) is 9.72. The van der Waals surface area contributed by atoms with Crippen LogP contribution in [-0.4, -0.2) is 3.71 Å². The Morgan fingerprint density at radius 1 is 1.00 bits per heavy atom. The molecule has 3 aliphatic rings. The number of halogens is 2. The maximum Gasteiger partial charge on any atom is -0.147 e. The van der Waals surface area contributed by atoms with Gasteiger partial charge in [-0.25, -0.2) is 0 Å². The molecule has 0 spiro atoms. The summed E-state index contributed by atoms with van der Waals surface area (Å²) in [7, 11) is 0. The zero-order valence-electron chi connectivity index (χ0n) is 18.2. The van der Waals surface area contributed by atoms with Gasteiger partial charge in [0.1, 0.15) is 0 Å². The fourth-order valence-corrected chi connectivity index (χ4v) is 15.4. The van der Waals surface area contributed by atoms with Gasteiger partial charge in [0.25, 0.3) is 0 Å². The molecule has 0 saturated heterocycles. The van der Waals surface area contributed by atoms with Gasteiger partial charge in [-0.1, -0.05) is 0 Å². The van der Waals surface area contributed by atoms with E-state index in [1.54, 1.807) is 20.0 Å². The van der Waals surface area contributed by atoms with Crippen LogP contribution in [0.15, 0.2) is 74.6 Å². The Morgan fingerprint density at radius 3 is 2.34 bits per heavy atom. The standard InChI is InChI=1S/C9H11.C9H13.C7H6.CH3.2ClH.Zr/c1-2-5-9-7-3-6-8(9)4-1;1-9(2,3)8-6-4-5-7-8;1-7-5-3-2-4-6-7;;;;/h3,6-7H,1-2,4-5H2;6-7H,4H2,1-3H3;1-6H;1H3;2*1H;. The third kappa shape index (κ3) is 5.06. The van der Waals surface area contributed by atoms with E-state index in [0.717, 1.165) is 0 Å². The van der Waals surface area contributed by atoms with Crippen LogP contribution in [0.25, 0.3) is 0 Å². The first-order valence-corrected chi connectivity index (χ1v) is 17.1. The molecule has 0 saturated carbocycles. The second kappa shape index (κ2) is 9.76. The van der Waals surface area contributed by atoms with E-state index in [1.807, 2.05) is 0 Å². The Balaban J connectivity index is 0.00000150. The molecule has 0 radical (unpaired) electrons. The van der Waals surface area contributed by atoms with Gasteiger partial charge in [0.15, 0.2) is 0 Å². The summed E-state index contributed by atoms with van der Waals surface area (Å²) in [6, 6.07) is 11.1. The van der Waals surface area contributed by atoms with Crippen molar-refractivity contribution in [2.24, 2.45) is 5.41 Å². The Labute approximate surface area is 194 Å². The molecule has 2 unspecified atom stereocenters. The van der Waals surface area contributed by atoms with Crippen LogP contribution in [0.3, 0.4) is 0 Å². The van der Waals surface area contributed by atoms with Crippen LogP contribution in [0.5, 0.6) is 0 Å². The molecular formula is C26H35Cl2Zr. The monoisotopic (exact) mass is 507 g/mol. The number of benzene rings is 1. The summed E-state index contributed by atoms with van der Waals surface area (Å²) < 4.78 is 7.94. The Hall–Kier alpha value is -0.487. The van der Waals surface area contributed by atoms with Crippen molar-refractivity contribution in [3.8, 4) is 0 Å². The van der Waals surface area contributed by atoms with Gasteiger partial charge in [0, 0.05) is 0 Å². The molecule has 0 aliphatic heterocycles. The van der Waals surface area contributed by atoms with Gasteiger partial charge < -0.3 is 0 Å². The van der Waals surface area contributed by atoms with Crippen LogP contribution < -0.4 is 0 Å². The van der Waals surface area contributed by atoms with E-state index in [1.165, 1.54) is 37.7 Å². The van der Waals surface area contributed by atoms with Crippen LogP contribution in [-0.2, 0) is 19.8 Å². The second-order valence-corrected chi connectivity index (χ2v) is 19.8. The average Bonchev–Trinajstić information content (AvgIpc) is 3.30. The molecule has 0 fully saturated rings. The minimum absolute atomic E-state index is 0. The summed E-state index contributed by atoms with van der Waals surface area (Å²) in [5.41, 5.74) is 6.71. The maximum absolute atomic E-state index is 2.76. The van der Waals surface area contributed by atoms with Crippen LogP contribution in [0.1, 0.15) is 58.4 Å². The van der Waals surface area contributed by atoms with Crippen molar-refractivity contribution in [1.29, 1.82) is 0 Å². The average molecular weight is 510 g/mol. The summed E-state index contributed by atoms with van der Waals surface area (Å²) in [6.07, 6.45) is 16.8. The molecule has 0 nitrogen and oxygen atoms in total. The third-order valence-electron chi connectivity index (χ3n) is 6.76. The van der Waals surface area contributed by atoms with Gasteiger partial charge in [-0.15, -0.1) is 24.8 Å². The fraction of sp³-hybridized carbons (Fsp3) is 0.423. The molecular weight excluding hydrogens is 474 g/mol. The first-order valence-electron chi connectivity index (χ1n) is 10.6. The van der Waals surface area contributed by atoms with E-state index in [9.17, 15) is 0 Å². The Morgan fingerprint density at radius 2 is 1.69 bits per heavy atom. The van der Waals surface area contributed by atoms with Crippen molar-refractivity contribution in [2.45, 2.75) is 61.1 Å². The maximum atomic E-state index is 2.75. The smallest absolute Gasteiger partial charge is 0.147 e. The van der Waals surface area contributed by atoms with E-state index < -0.39 is 19.8 Å². The quantitative estimate of drug-likeness (QED) is 0.384. The third-order valence-corrected chi connectivity index (χ3v) is 17.8. The van der Waals surface area contributed by atoms with Crippen LogP contribution in [0, 0.1) is 5.41 Å². The van der Waals surface area contributed by atoms with E-state index in [2.05, 4.69) is 83.7 Å². The number of allylic oxidation sites excluding steroid dienone is 8. The molecule has 3 heteroatoms. The molecule has 0 N–H and O–H groups in total. The minimum atomic E-state index is -2.76. The van der Waals surface area contributed by atoms with Gasteiger partial charge in [-0.3, -0.25) is 0 Å². The first kappa shape index (κ1) is 24.8. The summed E-state index contributed by atoms with van der Waals surface area (Å²) in [6.45, 7) is 7.05. The largest absolute Gasteiger partial charge is 0.147 e. The van der Waals surface area contributed by atoms with Crippen LogP contribution in [0.2, 0.25) is 8.26 Å². The zero-order valence-corrected chi connectivity index (χ0v) is 22.3. The van der Waals surface area contributed by atoms with Crippen molar-refractivity contribution in [2.75, 3.05) is 0 Å². The number of rotatable bonds is 3. The molecule has 29 heavy (non-hydrogen) atoms. The van der Waals surface area contributed by atoms with E-state index in [-0.39, 0.29) is 30.2 Å². The van der Waals surface area contributed by atoms with Crippen molar-refractivity contribution < 1.29 is 19.8 Å². The Kier molecular flexibility index (Phi) is 8.34. The van der Waals surface area contributed by atoms with Crippen molar-refractivity contribution in [3.63, 3.8) is 0 Å². The van der Waals surface area contributed by atoms with Gasteiger partial charge in [0.05, 0.1) is 0 Å². The van der Waals surface area contributed by atoms with Crippen molar-refractivity contribution >= 4 is 28.5 Å². The van der Waals surface area contributed by atoms with Gasteiger partial charge >= 0.3 is 170 Å². The fourth-order valence-electron chi connectivity index (χ4n) is 5.09. The predicted octanol–water partition coefficient (Wildman–Crippen LogP) is 8.37. The van der Waals surface area contributed by atoms with Crippen molar-refractivity contribution in [3.05, 3.63) is 80.2 Å². The normalized spacial score (nSPS) is 22.7. The van der Waals surface area contributed by atoms with E-state index in [0.29, 0.717) is 3.63 Å². The zero-order chi connectivity index (χ0) is 19.1. The minimum Gasteiger partial charge on any atom is -0.147 e. The van der Waals surface area contributed by atoms with Crippen LogP contribution in [0.4, 0.5) is 0 Å². The molecule has 1 aromatic carbocycles. The van der Waals surface area contributed by atoms with Gasteiger partial charge in [0.2, 0.25) is 0 Å². The predicted molar refractivity (Wildman–Crippen MR) is 131 cm³/mol. The Bertz CT molecular complexity index is 908. The molecule has 4 rings (SSSR count). The molecule has 1 aromatic rings. The van der Waals surface area contributed by atoms with Gasteiger partial charge in [-0.2, -0.15) is 0 Å². The first-order chi connectivity index (χ1) is 12.9. The molecule has 0 bridgehead atoms. The van der Waals surface area contributed by atoms with E-state index >= 15 is 0 Å². The van der Waals surface area contributed by atoms with Crippen LogP contribution >= 0.6 is 24.8 Å². The molecule has 2 atom stereocenters. The summed E-state index contributed by atoms with van der Waals surface area (Å²) in [5, 5.41) is 0. The number of hydrogen-bond acceptors (Lipinski definition) is 0. The summed E-state index contributed by atoms with van der Waals surface area (Å²) in [5.74, 6) is 0. The summed E-state index contributed by atoms with van der Waals surface area (Å²) in [4.78, 5) is 0. The number of hydrogen-bond donors (Lipinski definition) is 0. The summed E-state index contributed by atoms with van der Waals surface area (Å²) >= 11 is -2.76. The van der Waals surface area contributed by atoms with Gasteiger partial charge in [-0.05, 0) is 0 Å². The molecule has 0 amide bonds. The SMILES string of the molecule is CC(C)(C)C1=CC[C]([Zr]([CH3])(=[CH]c2ccccc2)[CH]2C=CC3=C2CCCC3)=C1.Cl.Cl. The van der Waals surface area contributed by atoms with Crippen molar-refractivity contribution in [1.82, 2.24) is 0 Å².